The topological polar surface area (TPSA) is 124 Å². The summed E-state index contributed by atoms with van der Waals surface area (Å²) in [5, 5.41) is 6.58. The van der Waals surface area contributed by atoms with Crippen molar-refractivity contribution in [2.75, 3.05) is 11.9 Å². The molecule has 9 nitrogen and oxygen atoms in total. The number of carbonyl (C=O) groups excluding carboxylic acids is 4. The van der Waals surface area contributed by atoms with Gasteiger partial charge >= 0.3 is 12.1 Å². The summed E-state index contributed by atoms with van der Waals surface area (Å²) in [6, 6.07) is 4.44. The zero-order chi connectivity index (χ0) is 21.4. The Hall–Kier alpha value is -3.27. The van der Waals surface area contributed by atoms with Crippen molar-refractivity contribution in [3.8, 4) is 0 Å². The van der Waals surface area contributed by atoms with Crippen molar-refractivity contribution < 1.29 is 28.7 Å². The fourth-order valence-corrected chi connectivity index (χ4v) is 3.04. The number of nitrogens with zero attached hydrogens (tertiary/aromatic N) is 1. The number of ether oxygens (including phenoxy) is 2. The van der Waals surface area contributed by atoms with E-state index in [1.807, 2.05) is 0 Å². The number of hydrogen-bond donors (Lipinski definition) is 2. The largest absolute Gasteiger partial charge is 0.463 e. The van der Waals surface area contributed by atoms with Crippen LogP contribution < -0.4 is 10.6 Å². The van der Waals surface area contributed by atoms with Gasteiger partial charge in [-0.25, -0.2) is 4.79 Å². The van der Waals surface area contributed by atoms with Gasteiger partial charge in [-0.3, -0.25) is 24.7 Å². The molecule has 29 heavy (non-hydrogen) atoms. The van der Waals surface area contributed by atoms with Crippen LogP contribution in [0.5, 0.6) is 0 Å². The first kappa shape index (κ1) is 22.0. The Morgan fingerprint density at radius 1 is 1.17 bits per heavy atom. The maximum Gasteiger partial charge on any atom is 0.414 e. The number of anilines is 1. The minimum atomic E-state index is -0.868. The van der Waals surface area contributed by atoms with Gasteiger partial charge in [-0.1, -0.05) is 0 Å². The van der Waals surface area contributed by atoms with E-state index in [0.29, 0.717) is 5.69 Å². The number of nitrogens with one attached hydrogen (secondary N) is 2. The molecule has 0 saturated carbocycles. The second kappa shape index (κ2) is 10.3. The Balaban J connectivity index is 2.07. The first-order valence-electron chi connectivity index (χ1n) is 8.81. The van der Waals surface area contributed by atoms with Gasteiger partial charge in [-0.2, -0.15) is 0 Å². The molecule has 0 unspecified atom stereocenters. The normalized spacial score (nSPS) is 10.3. The van der Waals surface area contributed by atoms with Gasteiger partial charge in [-0.05, 0) is 44.4 Å². The second-order valence-corrected chi connectivity index (χ2v) is 6.96. The predicted octanol–water partition coefficient (Wildman–Crippen LogP) is 2.78. The van der Waals surface area contributed by atoms with Crippen molar-refractivity contribution in [1.82, 2.24) is 10.3 Å². The van der Waals surface area contributed by atoms with E-state index >= 15 is 0 Å². The molecule has 0 aliphatic rings. The van der Waals surface area contributed by atoms with E-state index < -0.39 is 23.9 Å². The average Bonchev–Trinajstić information content (AvgIpc) is 3.09. The van der Waals surface area contributed by atoms with Crippen LogP contribution in [0.4, 0.5) is 9.80 Å². The summed E-state index contributed by atoms with van der Waals surface area (Å²) in [4.78, 5) is 52.0. The van der Waals surface area contributed by atoms with Crippen LogP contribution in [0.1, 0.15) is 47.2 Å². The monoisotopic (exact) mass is 419 g/mol. The number of carbonyl (C=O) groups is 4. The standard InChI is InChI=1S/C19H21N3O6S/c1-4-27-19(26)22-17(25)14-6-8-29-18(14)21-16(24)12-5-7-20-13(9-12)10-15(23)28-11(2)3/h5-9,11H,4,10H2,1-3H3,(H,21,24)(H,22,25,26). The highest BCUT2D eigenvalue weighted by molar-refractivity contribution is 7.14. The van der Waals surface area contributed by atoms with Gasteiger partial charge in [0.15, 0.2) is 0 Å². The fraction of sp³-hybridized carbons (Fsp3) is 0.316. The van der Waals surface area contributed by atoms with Crippen molar-refractivity contribution >= 4 is 40.2 Å². The molecule has 0 fully saturated rings. The van der Waals surface area contributed by atoms with Crippen molar-refractivity contribution in [2.24, 2.45) is 0 Å². The summed E-state index contributed by atoms with van der Waals surface area (Å²) in [5.41, 5.74) is 0.776. The number of amides is 3. The molecular weight excluding hydrogens is 398 g/mol. The number of rotatable bonds is 7. The summed E-state index contributed by atoms with van der Waals surface area (Å²) < 4.78 is 9.74. The molecule has 2 aromatic heterocycles. The third-order valence-electron chi connectivity index (χ3n) is 3.40. The molecule has 0 saturated heterocycles. The Labute approximate surface area is 171 Å². The molecule has 2 N–H and O–H groups in total. The number of esters is 1. The molecule has 0 atom stereocenters. The van der Waals surface area contributed by atoms with Crippen LogP contribution in [0.3, 0.4) is 0 Å². The van der Waals surface area contributed by atoms with Gasteiger partial charge in [-0.15, -0.1) is 11.3 Å². The number of hydrogen-bond acceptors (Lipinski definition) is 8. The molecule has 2 rings (SSSR count). The number of alkyl carbamates (subject to hydrolysis) is 1. The molecule has 3 amide bonds. The Kier molecular flexibility index (Phi) is 7.84. The van der Waals surface area contributed by atoms with Crippen molar-refractivity contribution in [3.05, 3.63) is 46.6 Å². The maximum atomic E-state index is 12.6. The lowest BCUT2D eigenvalue weighted by Crippen LogP contribution is -2.31. The molecule has 2 heterocycles. The highest BCUT2D eigenvalue weighted by Crippen LogP contribution is 2.24. The maximum absolute atomic E-state index is 12.6. The summed E-state index contributed by atoms with van der Waals surface area (Å²) >= 11 is 1.13. The lowest BCUT2D eigenvalue weighted by atomic mass is 10.2. The van der Waals surface area contributed by atoms with Crippen LogP contribution in [0.15, 0.2) is 29.8 Å². The third-order valence-corrected chi connectivity index (χ3v) is 4.23. The van der Waals surface area contributed by atoms with Crippen molar-refractivity contribution in [3.63, 3.8) is 0 Å². The molecule has 0 bridgehead atoms. The van der Waals surface area contributed by atoms with E-state index in [-0.39, 0.29) is 35.3 Å². The SMILES string of the molecule is CCOC(=O)NC(=O)c1ccsc1NC(=O)c1ccnc(CC(=O)OC(C)C)c1. The molecule has 0 radical (unpaired) electrons. The van der Waals surface area contributed by atoms with Crippen LogP contribution in [0.25, 0.3) is 0 Å². The lowest BCUT2D eigenvalue weighted by Gasteiger charge is -2.09. The van der Waals surface area contributed by atoms with E-state index in [1.165, 1.54) is 24.4 Å². The molecule has 2 aromatic rings. The van der Waals surface area contributed by atoms with Crippen LogP contribution in [-0.2, 0) is 20.7 Å². The zero-order valence-corrected chi connectivity index (χ0v) is 17.0. The van der Waals surface area contributed by atoms with Crippen LogP contribution in [-0.4, -0.2) is 41.6 Å². The molecule has 0 aromatic carbocycles. The van der Waals surface area contributed by atoms with Gasteiger partial charge in [0, 0.05) is 11.8 Å². The zero-order valence-electron chi connectivity index (χ0n) is 16.2. The Morgan fingerprint density at radius 3 is 2.62 bits per heavy atom. The minimum Gasteiger partial charge on any atom is -0.463 e. The predicted molar refractivity (Wildman–Crippen MR) is 106 cm³/mol. The third kappa shape index (κ3) is 6.68. The fourth-order valence-electron chi connectivity index (χ4n) is 2.26. The Bertz CT molecular complexity index is 909. The van der Waals surface area contributed by atoms with Gasteiger partial charge in [0.05, 0.1) is 30.4 Å². The summed E-state index contributed by atoms with van der Waals surface area (Å²) in [6.45, 7) is 5.23. The van der Waals surface area contributed by atoms with Crippen LogP contribution in [0.2, 0.25) is 0 Å². The highest BCUT2D eigenvalue weighted by atomic mass is 32.1. The average molecular weight is 419 g/mol. The van der Waals surface area contributed by atoms with Gasteiger partial charge in [0.25, 0.3) is 11.8 Å². The number of aromatic nitrogens is 1. The Morgan fingerprint density at radius 2 is 1.93 bits per heavy atom. The van der Waals surface area contributed by atoms with E-state index in [4.69, 9.17) is 4.74 Å². The van der Waals surface area contributed by atoms with E-state index in [2.05, 4.69) is 20.4 Å². The summed E-state index contributed by atoms with van der Waals surface area (Å²) in [6.07, 6.45) is 0.237. The van der Waals surface area contributed by atoms with Crippen molar-refractivity contribution in [2.45, 2.75) is 33.3 Å². The number of thiophene rings is 1. The van der Waals surface area contributed by atoms with Crippen molar-refractivity contribution in [1.29, 1.82) is 0 Å². The minimum absolute atomic E-state index is 0.0640. The van der Waals surface area contributed by atoms with E-state index in [9.17, 15) is 19.2 Å². The molecule has 0 spiro atoms. The summed E-state index contributed by atoms with van der Waals surface area (Å²) in [7, 11) is 0. The van der Waals surface area contributed by atoms with E-state index in [0.717, 1.165) is 11.3 Å². The molecule has 0 aliphatic carbocycles. The first-order valence-corrected chi connectivity index (χ1v) is 9.69. The number of imide groups is 1. The van der Waals surface area contributed by atoms with E-state index in [1.54, 1.807) is 26.2 Å². The lowest BCUT2D eigenvalue weighted by molar-refractivity contribution is -0.146. The van der Waals surface area contributed by atoms with Gasteiger partial charge < -0.3 is 14.8 Å². The highest BCUT2D eigenvalue weighted by Gasteiger charge is 2.19. The number of pyridine rings is 1. The van der Waals surface area contributed by atoms with Crippen LogP contribution >= 0.6 is 11.3 Å². The molecule has 0 aliphatic heterocycles. The second-order valence-electron chi connectivity index (χ2n) is 6.04. The van der Waals surface area contributed by atoms with Gasteiger partial charge in [0.1, 0.15) is 5.00 Å². The molecular formula is C19H21N3O6S. The van der Waals surface area contributed by atoms with Crippen LogP contribution in [0, 0.1) is 0 Å². The van der Waals surface area contributed by atoms with Gasteiger partial charge in [0.2, 0.25) is 0 Å². The smallest absolute Gasteiger partial charge is 0.414 e. The quantitative estimate of drug-likeness (QED) is 0.661. The summed E-state index contributed by atoms with van der Waals surface area (Å²) in [5.74, 6) is -1.62. The molecule has 10 heteroatoms. The molecule has 154 valence electrons. The first-order chi connectivity index (χ1) is 13.8.